The number of amides is 1. The molecular weight excluding hydrogens is 675 g/mol. The molecule has 0 aliphatic carbocycles. The molecule has 1 amide bonds. The molecule has 1 unspecified atom stereocenters. The molecule has 0 radical (unpaired) electrons. The highest BCUT2D eigenvalue weighted by atomic mass is 127. The standard InChI is InChI=1S/C18H16I3NO4/c1-9-6-4-5-7-11(9)16(18(24)25)26-17-13(20)8-12(19)15(14(17)21)22(3)10(2)23/h4-8,16H,1-3H3,(H,24,25). The molecule has 0 spiro atoms. The first-order valence-corrected chi connectivity index (χ1v) is 10.8. The Balaban J connectivity index is 2.57. The lowest BCUT2D eigenvalue weighted by molar-refractivity contribution is -0.145. The van der Waals surface area contributed by atoms with E-state index in [1.165, 1.54) is 11.8 Å². The molecule has 0 aliphatic heterocycles. The molecule has 2 aromatic rings. The summed E-state index contributed by atoms with van der Waals surface area (Å²) in [6, 6.07) is 9.14. The number of hydrogen-bond acceptors (Lipinski definition) is 3. The van der Waals surface area contributed by atoms with Gasteiger partial charge in [0.05, 0.1) is 12.8 Å². The van der Waals surface area contributed by atoms with Crippen molar-refractivity contribution >= 4 is 85.3 Å². The number of benzene rings is 2. The second-order valence-corrected chi connectivity index (χ2v) is 9.01. The smallest absolute Gasteiger partial charge is 0.349 e. The van der Waals surface area contributed by atoms with Crippen LogP contribution < -0.4 is 9.64 Å². The molecule has 0 heterocycles. The number of rotatable bonds is 5. The van der Waals surface area contributed by atoms with Gasteiger partial charge >= 0.3 is 5.97 Å². The van der Waals surface area contributed by atoms with Crippen LogP contribution in [0.3, 0.4) is 0 Å². The van der Waals surface area contributed by atoms with Crippen molar-refractivity contribution in [2.45, 2.75) is 20.0 Å². The molecule has 0 aliphatic rings. The van der Waals surface area contributed by atoms with Gasteiger partial charge in [0, 0.05) is 23.1 Å². The summed E-state index contributed by atoms with van der Waals surface area (Å²) in [7, 11) is 1.69. The minimum absolute atomic E-state index is 0.110. The zero-order valence-corrected chi connectivity index (χ0v) is 20.7. The van der Waals surface area contributed by atoms with Gasteiger partial charge in [0.2, 0.25) is 12.0 Å². The van der Waals surface area contributed by atoms with Gasteiger partial charge in [0.1, 0.15) is 5.75 Å². The third kappa shape index (κ3) is 4.61. The monoisotopic (exact) mass is 691 g/mol. The molecule has 138 valence electrons. The van der Waals surface area contributed by atoms with Crippen LogP contribution in [0.15, 0.2) is 30.3 Å². The van der Waals surface area contributed by atoms with Gasteiger partial charge in [-0.15, -0.1) is 0 Å². The van der Waals surface area contributed by atoms with Crippen LogP contribution in [-0.2, 0) is 9.59 Å². The molecule has 0 fully saturated rings. The molecule has 26 heavy (non-hydrogen) atoms. The molecule has 0 saturated carbocycles. The molecule has 0 aromatic heterocycles. The second kappa shape index (κ2) is 9.04. The van der Waals surface area contributed by atoms with Crippen molar-refractivity contribution in [2.75, 3.05) is 11.9 Å². The molecule has 1 N–H and O–H groups in total. The third-order valence-corrected chi connectivity index (χ3v) is 6.47. The van der Waals surface area contributed by atoms with Crippen molar-refractivity contribution in [3.8, 4) is 5.75 Å². The second-order valence-electron chi connectivity index (χ2n) is 5.60. The van der Waals surface area contributed by atoms with E-state index in [-0.39, 0.29) is 5.91 Å². The number of carbonyl (C=O) groups is 2. The van der Waals surface area contributed by atoms with E-state index in [0.29, 0.717) is 20.6 Å². The fourth-order valence-corrected chi connectivity index (χ4v) is 6.73. The largest absolute Gasteiger partial charge is 0.478 e. The Labute approximate surface area is 192 Å². The van der Waals surface area contributed by atoms with E-state index in [1.54, 1.807) is 19.2 Å². The molecule has 2 aromatic carbocycles. The topological polar surface area (TPSA) is 66.8 Å². The van der Waals surface area contributed by atoms with Crippen LogP contribution in [-0.4, -0.2) is 24.0 Å². The average molecular weight is 691 g/mol. The van der Waals surface area contributed by atoms with Gasteiger partial charge in [-0.2, -0.15) is 0 Å². The lowest BCUT2D eigenvalue weighted by atomic mass is 10.0. The number of halogens is 3. The number of anilines is 1. The normalized spacial score (nSPS) is 11.8. The van der Waals surface area contributed by atoms with Crippen molar-refractivity contribution in [3.05, 3.63) is 52.2 Å². The Hall–Kier alpha value is -0.630. The first-order valence-electron chi connectivity index (χ1n) is 7.52. The summed E-state index contributed by atoms with van der Waals surface area (Å²) in [6.45, 7) is 3.34. The van der Waals surface area contributed by atoms with E-state index in [9.17, 15) is 14.7 Å². The molecule has 0 saturated heterocycles. The zero-order chi connectivity index (χ0) is 19.6. The van der Waals surface area contributed by atoms with Crippen LogP contribution in [0.1, 0.15) is 24.2 Å². The van der Waals surface area contributed by atoms with Gasteiger partial charge in [-0.05, 0) is 86.3 Å². The van der Waals surface area contributed by atoms with Gasteiger partial charge in [-0.25, -0.2) is 4.79 Å². The van der Waals surface area contributed by atoms with Crippen LogP contribution in [0, 0.1) is 17.6 Å². The minimum atomic E-state index is -1.13. The molecule has 2 rings (SSSR count). The van der Waals surface area contributed by atoms with Crippen LogP contribution in [0.25, 0.3) is 0 Å². The van der Waals surface area contributed by atoms with E-state index in [0.717, 1.165) is 12.7 Å². The maximum Gasteiger partial charge on any atom is 0.349 e. The SMILES string of the molecule is CC(=O)N(C)c1c(I)cc(I)c(OC(C(=O)O)c2ccccc2C)c1I. The fraction of sp³-hybridized carbons (Fsp3) is 0.222. The van der Waals surface area contributed by atoms with Gasteiger partial charge in [0.15, 0.2) is 0 Å². The van der Waals surface area contributed by atoms with E-state index in [4.69, 9.17) is 4.74 Å². The summed E-state index contributed by atoms with van der Waals surface area (Å²) in [6.07, 6.45) is -1.13. The highest BCUT2D eigenvalue weighted by molar-refractivity contribution is 14.1. The van der Waals surface area contributed by atoms with Crippen LogP contribution in [0.5, 0.6) is 5.75 Å². The Morgan fingerprint density at radius 3 is 2.31 bits per heavy atom. The fourth-order valence-electron chi connectivity index (χ4n) is 2.38. The van der Waals surface area contributed by atoms with Crippen molar-refractivity contribution in [2.24, 2.45) is 0 Å². The van der Waals surface area contributed by atoms with E-state index in [2.05, 4.69) is 67.8 Å². The highest BCUT2D eigenvalue weighted by Crippen LogP contribution is 2.40. The number of aryl methyl sites for hydroxylation is 1. The van der Waals surface area contributed by atoms with E-state index >= 15 is 0 Å². The number of carboxylic acids is 1. The predicted molar refractivity (Wildman–Crippen MR) is 126 cm³/mol. The minimum Gasteiger partial charge on any atom is -0.478 e. The van der Waals surface area contributed by atoms with Crippen molar-refractivity contribution in [1.82, 2.24) is 0 Å². The zero-order valence-electron chi connectivity index (χ0n) is 14.2. The number of carbonyl (C=O) groups excluding carboxylic acids is 1. The molecule has 0 bridgehead atoms. The van der Waals surface area contributed by atoms with Crippen LogP contribution >= 0.6 is 67.8 Å². The Bertz CT molecular complexity index is 870. The van der Waals surface area contributed by atoms with Gasteiger partial charge in [-0.1, -0.05) is 24.3 Å². The summed E-state index contributed by atoms with van der Waals surface area (Å²) in [5, 5.41) is 9.72. The van der Waals surface area contributed by atoms with E-state index < -0.39 is 12.1 Å². The molecule has 5 nitrogen and oxygen atoms in total. The lowest BCUT2D eigenvalue weighted by Crippen LogP contribution is -2.26. The van der Waals surface area contributed by atoms with Crippen LogP contribution in [0.2, 0.25) is 0 Å². The maximum atomic E-state index is 11.9. The summed E-state index contributed by atoms with van der Waals surface area (Å²) >= 11 is 6.39. The Kier molecular flexibility index (Phi) is 7.53. The Morgan fingerprint density at radius 1 is 1.15 bits per heavy atom. The average Bonchev–Trinajstić information content (AvgIpc) is 2.55. The first kappa shape index (κ1) is 21.7. The first-order chi connectivity index (χ1) is 12.1. The number of nitrogens with zero attached hydrogens (tertiary/aromatic N) is 1. The predicted octanol–water partition coefficient (Wildman–Crippen LogP) is 5.00. The summed E-state index contributed by atoms with van der Waals surface area (Å²) in [5.41, 5.74) is 2.16. The van der Waals surface area contributed by atoms with Gasteiger partial charge in [-0.3, -0.25) is 4.79 Å². The third-order valence-electron chi connectivity index (χ3n) is 3.84. The molecular formula is C18H16I3NO4. The molecule has 1 atom stereocenters. The quantitative estimate of drug-likeness (QED) is 0.449. The number of aliphatic carboxylic acids is 1. The Morgan fingerprint density at radius 2 is 1.77 bits per heavy atom. The van der Waals surface area contributed by atoms with Gasteiger partial charge in [0.25, 0.3) is 0 Å². The summed E-state index contributed by atoms with van der Waals surface area (Å²) < 4.78 is 8.36. The van der Waals surface area contributed by atoms with Crippen molar-refractivity contribution in [1.29, 1.82) is 0 Å². The number of ether oxygens (including phenoxy) is 1. The maximum absolute atomic E-state index is 11.9. The highest BCUT2D eigenvalue weighted by Gasteiger charge is 2.28. The van der Waals surface area contributed by atoms with Crippen molar-refractivity contribution in [3.63, 3.8) is 0 Å². The lowest BCUT2D eigenvalue weighted by Gasteiger charge is -2.24. The summed E-state index contributed by atoms with van der Waals surface area (Å²) in [4.78, 5) is 25.2. The molecule has 8 heteroatoms. The summed E-state index contributed by atoms with van der Waals surface area (Å²) in [5.74, 6) is -0.710. The number of hydrogen-bond donors (Lipinski definition) is 1. The van der Waals surface area contributed by atoms with Crippen molar-refractivity contribution < 1.29 is 19.4 Å². The van der Waals surface area contributed by atoms with Crippen LogP contribution in [0.4, 0.5) is 5.69 Å². The van der Waals surface area contributed by atoms with E-state index in [1.807, 2.05) is 25.1 Å². The van der Waals surface area contributed by atoms with Gasteiger partial charge < -0.3 is 14.7 Å². The number of carboxylic acid groups (broad SMARTS) is 1.